The first kappa shape index (κ1) is 23.3. The van der Waals surface area contributed by atoms with Crippen LogP contribution in [-0.2, 0) is 6.42 Å². The lowest BCUT2D eigenvalue weighted by molar-refractivity contribution is 0.415. The monoisotopic (exact) mass is 516 g/mol. The zero-order chi connectivity index (χ0) is 19.0. The van der Waals surface area contributed by atoms with Gasteiger partial charge >= 0.3 is 0 Å². The number of fused-ring (bicyclic) bond motifs is 2. The maximum absolute atomic E-state index is 6.14. The molecule has 0 spiro atoms. The molecule has 1 aliphatic rings. The van der Waals surface area contributed by atoms with Gasteiger partial charge in [-0.25, -0.2) is 4.98 Å². The molecule has 0 fully saturated rings. The number of aromatic amines is 1. The standard InChI is InChI=1S/C18H17ClN6OS.BrH.ClH/c1-26-11-3-5-13-14(8-11)23-18(22-13)27-15-7-9-6-10(19)2-4-12(9)16(15)24-25-17(20)21;;/h2-6,8,15H,7H2,1H3,(H,22,23)(H4,20,21,25);2*1H/b24-16+;;. The van der Waals surface area contributed by atoms with Gasteiger partial charge in [0.15, 0.2) is 5.16 Å². The minimum atomic E-state index is -0.0792. The molecule has 7 nitrogen and oxygen atoms in total. The molecular weight excluding hydrogens is 499 g/mol. The van der Waals surface area contributed by atoms with Crippen LogP contribution in [0.1, 0.15) is 11.1 Å². The molecule has 3 aromatic rings. The third kappa shape index (κ3) is 4.98. The number of nitrogens with one attached hydrogen (secondary N) is 1. The first-order valence-electron chi connectivity index (χ1n) is 8.19. The Morgan fingerprint density at radius 3 is 2.79 bits per heavy atom. The second-order valence-corrected chi connectivity index (χ2v) is 7.68. The molecule has 11 heteroatoms. The van der Waals surface area contributed by atoms with Crippen molar-refractivity contribution in [3.05, 3.63) is 52.5 Å². The van der Waals surface area contributed by atoms with E-state index >= 15 is 0 Å². The van der Waals surface area contributed by atoms with Crippen molar-refractivity contribution in [2.45, 2.75) is 16.8 Å². The molecular formula is C18H19BrCl2N6OS. The molecule has 0 bridgehead atoms. The van der Waals surface area contributed by atoms with E-state index in [9.17, 15) is 0 Å². The SMILES string of the molecule is Br.COc1ccc2nc(SC3Cc4cc(Cl)ccc4/C3=N\N=C(N)N)[nH]c2c1.Cl. The zero-order valence-corrected chi connectivity index (χ0v) is 19.4. The summed E-state index contributed by atoms with van der Waals surface area (Å²) < 4.78 is 5.27. The number of halogens is 3. The van der Waals surface area contributed by atoms with Crippen molar-refractivity contribution < 1.29 is 4.74 Å². The summed E-state index contributed by atoms with van der Waals surface area (Å²) in [5.41, 5.74) is 15.6. The quantitative estimate of drug-likeness (QED) is 0.275. The largest absolute Gasteiger partial charge is 0.497 e. The lowest BCUT2D eigenvalue weighted by Gasteiger charge is -2.07. The highest BCUT2D eigenvalue weighted by Gasteiger charge is 2.31. The number of rotatable bonds is 4. The van der Waals surface area contributed by atoms with E-state index in [4.69, 9.17) is 27.8 Å². The van der Waals surface area contributed by atoms with Crippen LogP contribution in [0, 0.1) is 0 Å². The minimum Gasteiger partial charge on any atom is -0.497 e. The number of H-pyrrole nitrogens is 1. The van der Waals surface area contributed by atoms with Crippen LogP contribution in [0.25, 0.3) is 11.0 Å². The van der Waals surface area contributed by atoms with Gasteiger partial charge in [0.2, 0.25) is 5.96 Å². The van der Waals surface area contributed by atoms with Crippen molar-refractivity contribution in [1.29, 1.82) is 0 Å². The van der Waals surface area contributed by atoms with E-state index in [2.05, 4.69) is 20.2 Å². The minimum absolute atomic E-state index is 0. The summed E-state index contributed by atoms with van der Waals surface area (Å²) in [7, 11) is 1.64. The maximum atomic E-state index is 6.14. The van der Waals surface area contributed by atoms with E-state index in [0.717, 1.165) is 45.2 Å². The van der Waals surface area contributed by atoms with Gasteiger partial charge < -0.3 is 21.2 Å². The molecule has 0 saturated carbocycles. The van der Waals surface area contributed by atoms with Crippen molar-refractivity contribution in [3.8, 4) is 5.75 Å². The van der Waals surface area contributed by atoms with Gasteiger partial charge in [0.1, 0.15) is 5.75 Å². The van der Waals surface area contributed by atoms with E-state index in [1.165, 1.54) is 0 Å². The molecule has 5 N–H and O–H groups in total. The van der Waals surface area contributed by atoms with Gasteiger partial charge in [0.05, 0.1) is 29.1 Å². The second kappa shape index (κ2) is 9.71. The van der Waals surface area contributed by atoms with Gasteiger partial charge in [0, 0.05) is 16.7 Å². The molecule has 1 heterocycles. The van der Waals surface area contributed by atoms with Gasteiger partial charge in [-0.15, -0.1) is 34.5 Å². The molecule has 1 aliphatic carbocycles. The number of imidazole rings is 1. The normalized spacial score (nSPS) is 16.1. The summed E-state index contributed by atoms with van der Waals surface area (Å²) in [6, 6.07) is 11.5. The smallest absolute Gasteiger partial charge is 0.211 e. The molecule has 29 heavy (non-hydrogen) atoms. The van der Waals surface area contributed by atoms with Crippen LogP contribution in [0.3, 0.4) is 0 Å². The van der Waals surface area contributed by atoms with Crippen molar-refractivity contribution in [1.82, 2.24) is 9.97 Å². The van der Waals surface area contributed by atoms with Crippen LogP contribution < -0.4 is 16.2 Å². The Morgan fingerprint density at radius 1 is 1.28 bits per heavy atom. The average molecular weight is 518 g/mol. The summed E-state index contributed by atoms with van der Waals surface area (Å²) in [6.07, 6.45) is 0.764. The second-order valence-electron chi connectivity index (χ2n) is 6.05. The Labute approximate surface area is 193 Å². The van der Waals surface area contributed by atoms with Crippen molar-refractivity contribution >= 4 is 75.5 Å². The number of nitrogens with two attached hydrogens (primary N) is 2. The Hall–Kier alpha value is -1.94. The summed E-state index contributed by atoms with van der Waals surface area (Å²) in [5, 5.41) is 9.63. The number of thioether (sulfide) groups is 1. The number of methoxy groups -OCH3 is 1. The highest BCUT2D eigenvalue weighted by molar-refractivity contribution is 8.93. The molecule has 2 aromatic carbocycles. The van der Waals surface area contributed by atoms with E-state index in [1.807, 2.05) is 36.4 Å². The van der Waals surface area contributed by atoms with Gasteiger partial charge in [-0.05, 0) is 36.2 Å². The highest BCUT2D eigenvalue weighted by atomic mass is 79.9. The Bertz CT molecular complexity index is 1080. The number of hydrogen-bond acceptors (Lipinski definition) is 5. The van der Waals surface area contributed by atoms with Crippen LogP contribution in [0.4, 0.5) is 0 Å². The number of ether oxygens (including phenoxy) is 1. The predicted octanol–water partition coefficient (Wildman–Crippen LogP) is 3.92. The fourth-order valence-corrected chi connectivity index (χ4v) is 4.39. The lowest BCUT2D eigenvalue weighted by atomic mass is 10.1. The van der Waals surface area contributed by atoms with Gasteiger partial charge in [-0.3, -0.25) is 0 Å². The Balaban J connectivity index is 0.00000150. The number of benzene rings is 2. The molecule has 1 unspecified atom stereocenters. The molecule has 4 rings (SSSR count). The molecule has 1 atom stereocenters. The summed E-state index contributed by atoms with van der Waals surface area (Å²) in [4.78, 5) is 7.97. The van der Waals surface area contributed by atoms with E-state index in [0.29, 0.717) is 5.02 Å². The average Bonchev–Trinajstić information content (AvgIpc) is 3.18. The van der Waals surface area contributed by atoms with E-state index in [-0.39, 0.29) is 40.6 Å². The molecule has 154 valence electrons. The zero-order valence-electron chi connectivity index (χ0n) is 15.3. The summed E-state index contributed by atoms with van der Waals surface area (Å²) in [6.45, 7) is 0. The van der Waals surface area contributed by atoms with Gasteiger partial charge in [-0.1, -0.05) is 29.4 Å². The molecule has 0 amide bonds. The molecule has 0 aliphatic heterocycles. The van der Waals surface area contributed by atoms with Crippen molar-refractivity contribution in [2.24, 2.45) is 21.7 Å². The molecule has 0 saturated heterocycles. The highest BCUT2D eigenvalue weighted by Crippen LogP contribution is 2.36. The Kier molecular flexibility index (Phi) is 7.81. The summed E-state index contributed by atoms with van der Waals surface area (Å²) >= 11 is 7.72. The van der Waals surface area contributed by atoms with Crippen molar-refractivity contribution in [3.63, 3.8) is 0 Å². The van der Waals surface area contributed by atoms with Crippen LogP contribution >= 0.6 is 52.8 Å². The maximum Gasteiger partial charge on any atom is 0.211 e. The fraction of sp³-hybridized carbons (Fsp3) is 0.167. The molecule has 0 radical (unpaired) electrons. The Morgan fingerprint density at radius 2 is 2.07 bits per heavy atom. The number of nitrogens with zero attached hydrogens (tertiary/aromatic N) is 3. The van der Waals surface area contributed by atoms with Crippen LogP contribution in [0.5, 0.6) is 5.75 Å². The van der Waals surface area contributed by atoms with Gasteiger partial charge in [0.25, 0.3) is 0 Å². The number of guanidine groups is 1. The van der Waals surface area contributed by atoms with Crippen LogP contribution in [0.2, 0.25) is 5.02 Å². The third-order valence-electron chi connectivity index (χ3n) is 4.25. The van der Waals surface area contributed by atoms with Crippen molar-refractivity contribution in [2.75, 3.05) is 7.11 Å². The van der Waals surface area contributed by atoms with Gasteiger partial charge in [-0.2, -0.15) is 5.10 Å². The van der Waals surface area contributed by atoms with Crippen LogP contribution in [-0.4, -0.2) is 34.0 Å². The first-order chi connectivity index (χ1) is 13.0. The predicted molar refractivity (Wildman–Crippen MR) is 127 cm³/mol. The molecule has 1 aromatic heterocycles. The first-order valence-corrected chi connectivity index (χ1v) is 9.45. The topological polar surface area (TPSA) is 115 Å². The summed E-state index contributed by atoms with van der Waals surface area (Å²) in [5.74, 6) is 0.699. The lowest BCUT2D eigenvalue weighted by Crippen LogP contribution is -2.22. The number of hydrogen-bond donors (Lipinski definition) is 3. The van der Waals surface area contributed by atoms with E-state index in [1.54, 1.807) is 18.9 Å². The third-order valence-corrected chi connectivity index (χ3v) is 5.57. The van der Waals surface area contributed by atoms with E-state index < -0.39 is 0 Å². The van der Waals surface area contributed by atoms with Crippen LogP contribution in [0.15, 0.2) is 51.8 Å². The fourth-order valence-electron chi connectivity index (χ4n) is 3.06. The number of aromatic nitrogens is 2.